The van der Waals surface area contributed by atoms with Gasteiger partial charge in [-0.1, -0.05) is 53.9 Å². The van der Waals surface area contributed by atoms with E-state index in [9.17, 15) is 0 Å². The van der Waals surface area contributed by atoms with Gasteiger partial charge in [0, 0.05) is 5.69 Å². The summed E-state index contributed by atoms with van der Waals surface area (Å²) in [6.45, 7) is 3.70. The van der Waals surface area contributed by atoms with E-state index in [0.717, 1.165) is 17.8 Å². The number of hydrogen-bond donors (Lipinski definition) is 1. The van der Waals surface area contributed by atoms with Crippen molar-refractivity contribution in [3.05, 3.63) is 58.1 Å². The lowest BCUT2D eigenvalue weighted by molar-refractivity contribution is 0.226. The van der Waals surface area contributed by atoms with Gasteiger partial charge < -0.3 is 10.2 Å². The summed E-state index contributed by atoms with van der Waals surface area (Å²) in [5, 5.41) is 4.71. The van der Waals surface area contributed by atoms with Gasteiger partial charge in [-0.3, -0.25) is 0 Å². The molecule has 3 rings (SSSR count). The van der Waals surface area contributed by atoms with Gasteiger partial charge in [-0.05, 0) is 69.1 Å². The van der Waals surface area contributed by atoms with Crippen molar-refractivity contribution in [2.45, 2.75) is 32.1 Å². The lowest BCUT2D eigenvalue weighted by atomic mass is 10.1. The second kappa shape index (κ2) is 8.75. The quantitative estimate of drug-likeness (QED) is 0.662. The zero-order valence-electron chi connectivity index (χ0n) is 13.9. The molecule has 0 radical (unpaired) electrons. The number of piperidine rings is 1. The first-order valence-corrected chi connectivity index (χ1v) is 9.51. The van der Waals surface area contributed by atoms with Crippen molar-refractivity contribution in [2.24, 2.45) is 0 Å². The van der Waals surface area contributed by atoms with Gasteiger partial charge in [-0.15, -0.1) is 0 Å². The van der Waals surface area contributed by atoms with E-state index in [1.165, 1.54) is 50.9 Å². The highest BCUT2D eigenvalue weighted by molar-refractivity contribution is 6.39. The Hall–Kier alpha value is -1.22. The molecule has 2 nitrogen and oxygen atoms in total. The number of aryl methyl sites for hydroxylation is 1. The second-order valence-corrected chi connectivity index (χ2v) is 7.20. The smallest absolute Gasteiger partial charge is 0.0762 e. The Morgan fingerprint density at radius 3 is 2.33 bits per heavy atom. The van der Waals surface area contributed by atoms with E-state index in [1.54, 1.807) is 0 Å². The molecule has 4 heteroatoms. The maximum atomic E-state index is 6.28. The summed E-state index contributed by atoms with van der Waals surface area (Å²) in [5.74, 6) is 0. The van der Waals surface area contributed by atoms with Gasteiger partial charge in [0.05, 0.1) is 15.7 Å². The molecule has 0 bridgehead atoms. The van der Waals surface area contributed by atoms with Crippen LogP contribution in [0.4, 0.5) is 11.4 Å². The first-order chi connectivity index (χ1) is 11.7. The van der Waals surface area contributed by atoms with E-state index in [4.69, 9.17) is 23.2 Å². The van der Waals surface area contributed by atoms with Gasteiger partial charge in [0.15, 0.2) is 0 Å². The number of hydrogen-bond acceptors (Lipinski definition) is 2. The predicted molar refractivity (Wildman–Crippen MR) is 105 cm³/mol. The Kier molecular flexibility index (Phi) is 6.42. The summed E-state index contributed by atoms with van der Waals surface area (Å²) in [4.78, 5) is 2.59. The molecule has 1 aliphatic heterocycles. The van der Waals surface area contributed by atoms with Crippen LogP contribution in [0.1, 0.15) is 31.2 Å². The van der Waals surface area contributed by atoms with Gasteiger partial charge in [0.1, 0.15) is 0 Å². The maximum absolute atomic E-state index is 6.28. The number of nitrogens with zero attached hydrogens (tertiary/aromatic N) is 1. The lowest BCUT2D eigenvalue weighted by Gasteiger charge is -2.26. The first-order valence-electron chi connectivity index (χ1n) is 8.75. The first kappa shape index (κ1) is 17.6. The Balaban J connectivity index is 1.64. The zero-order chi connectivity index (χ0) is 16.8. The van der Waals surface area contributed by atoms with Crippen LogP contribution in [0.15, 0.2) is 42.5 Å². The third kappa shape index (κ3) is 4.66. The summed E-state index contributed by atoms with van der Waals surface area (Å²) in [7, 11) is 0. The summed E-state index contributed by atoms with van der Waals surface area (Å²) < 4.78 is 0. The van der Waals surface area contributed by atoms with E-state index in [0.29, 0.717) is 10.0 Å². The number of benzene rings is 2. The average Bonchev–Trinajstić information content (AvgIpc) is 2.60. The largest absolute Gasteiger partial charge is 0.353 e. The molecule has 0 spiro atoms. The molecular weight excluding hydrogens is 339 g/mol. The molecule has 0 atom stereocenters. The van der Waals surface area contributed by atoms with Crippen LogP contribution in [-0.2, 0) is 6.42 Å². The van der Waals surface area contributed by atoms with Crippen LogP contribution in [0, 0.1) is 0 Å². The Labute approximate surface area is 154 Å². The van der Waals surface area contributed by atoms with Crippen LogP contribution in [0.2, 0.25) is 10.0 Å². The minimum atomic E-state index is 0.644. The Bertz CT molecular complexity index is 646. The highest BCUT2D eigenvalue weighted by atomic mass is 35.5. The lowest BCUT2D eigenvalue weighted by Crippen LogP contribution is -2.30. The van der Waals surface area contributed by atoms with Gasteiger partial charge in [0.2, 0.25) is 0 Å². The van der Waals surface area contributed by atoms with Crippen molar-refractivity contribution < 1.29 is 0 Å². The van der Waals surface area contributed by atoms with Crippen LogP contribution in [-0.4, -0.2) is 24.5 Å². The van der Waals surface area contributed by atoms with Gasteiger partial charge in [-0.2, -0.15) is 0 Å². The van der Waals surface area contributed by atoms with Gasteiger partial charge in [-0.25, -0.2) is 0 Å². The van der Waals surface area contributed by atoms with Crippen LogP contribution in [0.25, 0.3) is 0 Å². The molecule has 1 N–H and O–H groups in total. The molecule has 0 amide bonds. The third-order valence-corrected chi connectivity index (χ3v) is 5.24. The number of rotatable bonds is 6. The molecular formula is C20H24Cl2N2. The topological polar surface area (TPSA) is 15.3 Å². The second-order valence-electron chi connectivity index (χ2n) is 6.38. The van der Waals surface area contributed by atoms with Crippen molar-refractivity contribution in [2.75, 3.05) is 25.0 Å². The van der Waals surface area contributed by atoms with E-state index in [2.05, 4.69) is 28.4 Å². The van der Waals surface area contributed by atoms with Crippen LogP contribution in [0.3, 0.4) is 0 Å². The third-order valence-electron chi connectivity index (χ3n) is 4.61. The molecule has 0 aliphatic carbocycles. The van der Waals surface area contributed by atoms with E-state index < -0.39 is 0 Å². The minimum Gasteiger partial charge on any atom is -0.353 e. The molecule has 128 valence electrons. The fraction of sp³-hybridized carbons (Fsp3) is 0.400. The Morgan fingerprint density at radius 1 is 0.875 bits per heavy atom. The predicted octanol–water partition coefficient (Wildman–Crippen LogP) is 6.16. The molecule has 0 aromatic heterocycles. The fourth-order valence-corrected chi connectivity index (χ4v) is 3.78. The summed E-state index contributed by atoms with van der Waals surface area (Å²) in [6, 6.07) is 14.0. The summed E-state index contributed by atoms with van der Waals surface area (Å²) in [5.41, 5.74) is 3.18. The number of likely N-dealkylation sites (tertiary alicyclic amines) is 1. The van der Waals surface area contributed by atoms with Gasteiger partial charge in [0.25, 0.3) is 0 Å². The van der Waals surface area contributed by atoms with Crippen molar-refractivity contribution in [1.82, 2.24) is 4.90 Å². The van der Waals surface area contributed by atoms with E-state index in [-0.39, 0.29) is 0 Å². The SMILES string of the molecule is Clc1cccc(Cl)c1Nc1ccccc1CCCN1CCCCC1. The number of halogens is 2. The number of nitrogens with one attached hydrogen (secondary N) is 1. The fourth-order valence-electron chi connectivity index (χ4n) is 3.29. The molecule has 0 unspecified atom stereocenters. The highest BCUT2D eigenvalue weighted by Gasteiger charge is 2.11. The summed E-state index contributed by atoms with van der Waals surface area (Å²) >= 11 is 12.6. The van der Waals surface area contributed by atoms with Crippen molar-refractivity contribution in [3.63, 3.8) is 0 Å². The van der Waals surface area contributed by atoms with Crippen LogP contribution < -0.4 is 5.32 Å². The van der Waals surface area contributed by atoms with Crippen molar-refractivity contribution in [3.8, 4) is 0 Å². The molecule has 0 saturated carbocycles. The average molecular weight is 363 g/mol. The molecule has 2 aromatic carbocycles. The molecule has 1 fully saturated rings. The van der Waals surface area contributed by atoms with Crippen LogP contribution in [0.5, 0.6) is 0 Å². The molecule has 1 saturated heterocycles. The number of para-hydroxylation sites is 2. The number of anilines is 2. The zero-order valence-corrected chi connectivity index (χ0v) is 15.4. The monoisotopic (exact) mass is 362 g/mol. The molecule has 1 aliphatic rings. The van der Waals surface area contributed by atoms with E-state index >= 15 is 0 Å². The minimum absolute atomic E-state index is 0.644. The maximum Gasteiger partial charge on any atom is 0.0762 e. The van der Waals surface area contributed by atoms with Crippen molar-refractivity contribution in [1.29, 1.82) is 0 Å². The van der Waals surface area contributed by atoms with Crippen LogP contribution >= 0.6 is 23.2 Å². The Morgan fingerprint density at radius 2 is 1.58 bits per heavy atom. The standard InChI is InChI=1S/C20H24Cl2N2/c21-17-10-6-11-18(22)20(17)23-19-12-3-2-8-16(19)9-7-15-24-13-4-1-5-14-24/h2-3,6,8,10-12,23H,1,4-5,7,9,13-15H2. The molecule has 2 aromatic rings. The van der Waals surface area contributed by atoms with E-state index in [1.807, 2.05) is 24.3 Å². The molecule has 1 heterocycles. The van der Waals surface area contributed by atoms with Crippen molar-refractivity contribution >= 4 is 34.6 Å². The summed E-state index contributed by atoms with van der Waals surface area (Å²) in [6.07, 6.45) is 6.32. The highest BCUT2D eigenvalue weighted by Crippen LogP contribution is 2.33. The normalized spacial score (nSPS) is 15.4. The van der Waals surface area contributed by atoms with Gasteiger partial charge >= 0.3 is 0 Å². The molecule has 24 heavy (non-hydrogen) atoms.